The highest BCUT2D eigenvalue weighted by molar-refractivity contribution is 7.97. The molecule has 2 aromatic heterocycles. The zero-order valence-electron chi connectivity index (χ0n) is 15.8. The molecule has 0 amide bonds. The van der Waals surface area contributed by atoms with Gasteiger partial charge in [-0.1, -0.05) is 0 Å². The molecule has 2 N–H and O–H groups in total. The summed E-state index contributed by atoms with van der Waals surface area (Å²) in [6.45, 7) is 3.85. The number of nitrogens with zero attached hydrogens (tertiary/aromatic N) is 4. The SMILES string of the molecule is Cc1cnn2c(Nc3ccc(SN(C)C)cc3)cc(O[C@@H]3CCNC3)nc12. The lowest BCUT2D eigenvalue weighted by Gasteiger charge is -2.15. The largest absolute Gasteiger partial charge is 0.473 e. The van der Waals surface area contributed by atoms with Gasteiger partial charge in [-0.15, -0.1) is 0 Å². The Balaban J connectivity index is 1.61. The van der Waals surface area contributed by atoms with Crippen molar-refractivity contribution < 1.29 is 4.74 Å². The molecule has 1 aliphatic rings. The van der Waals surface area contributed by atoms with Crippen LogP contribution in [0.4, 0.5) is 11.5 Å². The molecule has 3 heterocycles. The topological polar surface area (TPSA) is 66.7 Å². The molecule has 7 nitrogen and oxygen atoms in total. The minimum Gasteiger partial charge on any atom is -0.473 e. The van der Waals surface area contributed by atoms with Gasteiger partial charge in [0.2, 0.25) is 5.88 Å². The highest BCUT2D eigenvalue weighted by atomic mass is 32.2. The molecule has 4 rings (SSSR count). The van der Waals surface area contributed by atoms with Gasteiger partial charge in [0, 0.05) is 28.8 Å². The number of aromatic nitrogens is 3. The molecule has 27 heavy (non-hydrogen) atoms. The molecule has 1 saturated heterocycles. The van der Waals surface area contributed by atoms with E-state index in [2.05, 4.69) is 49.3 Å². The Hall–Kier alpha value is -2.29. The Kier molecular flexibility index (Phi) is 5.20. The van der Waals surface area contributed by atoms with E-state index in [0.717, 1.165) is 42.2 Å². The molecule has 3 aromatic rings. The third kappa shape index (κ3) is 4.18. The normalized spacial score (nSPS) is 17.0. The summed E-state index contributed by atoms with van der Waals surface area (Å²) in [4.78, 5) is 5.84. The van der Waals surface area contributed by atoms with Crippen molar-refractivity contribution >= 4 is 29.1 Å². The molecular formula is C19H24N6OS. The Bertz CT molecular complexity index is 918. The molecule has 142 valence electrons. The van der Waals surface area contributed by atoms with Crippen molar-refractivity contribution in [3.05, 3.63) is 42.1 Å². The fourth-order valence-electron chi connectivity index (χ4n) is 3.06. The summed E-state index contributed by atoms with van der Waals surface area (Å²) in [5, 5.41) is 11.2. The van der Waals surface area contributed by atoms with E-state index >= 15 is 0 Å². The second-order valence-electron chi connectivity index (χ2n) is 6.83. The van der Waals surface area contributed by atoms with Gasteiger partial charge in [-0.2, -0.15) is 14.6 Å². The van der Waals surface area contributed by atoms with E-state index in [9.17, 15) is 0 Å². The van der Waals surface area contributed by atoms with Crippen LogP contribution in [-0.4, -0.2) is 52.2 Å². The van der Waals surface area contributed by atoms with Gasteiger partial charge >= 0.3 is 0 Å². The van der Waals surface area contributed by atoms with Crippen LogP contribution in [0.2, 0.25) is 0 Å². The van der Waals surface area contributed by atoms with Crippen molar-refractivity contribution in [2.45, 2.75) is 24.3 Å². The van der Waals surface area contributed by atoms with Crippen LogP contribution in [0.25, 0.3) is 5.65 Å². The van der Waals surface area contributed by atoms with Gasteiger partial charge < -0.3 is 15.4 Å². The quantitative estimate of drug-likeness (QED) is 0.633. The third-order valence-corrected chi connectivity index (χ3v) is 5.19. The molecule has 0 radical (unpaired) electrons. The fraction of sp³-hybridized carbons (Fsp3) is 0.368. The van der Waals surface area contributed by atoms with E-state index in [4.69, 9.17) is 4.74 Å². The number of rotatable bonds is 6. The molecule has 0 saturated carbocycles. The van der Waals surface area contributed by atoms with Gasteiger partial charge in [-0.3, -0.25) is 4.31 Å². The first-order chi connectivity index (χ1) is 13.1. The first-order valence-corrected chi connectivity index (χ1v) is 9.81. The first-order valence-electron chi connectivity index (χ1n) is 9.03. The van der Waals surface area contributed by atoms with Crippen molar-refractivity contribution in [3.63, 3.8) is 0 Å². The summed E-state index contributed by atoms with van der Waals surface area (Å²) in [5.74, 6) is 1.46. The zero-order chi connectivity index (χ0) is 18.8. The van der Waals surface area contributed by atoms with Crippen LogP contribution in [0.15, 0.2) is 41.4 Å². The van der Waals surface area contributed by atoms with Crippen LogP contribution >= 0.6 is 11.9 Å². The fourth-order valence-corrected chi connectivity index (χ4v) is 3.74. The number of nitrogens with one attached hydrogen (secondary N) is 2. The molecule has 1 atom stereocenters. The lowest BCUT2D eigenvalue weighted by atomic mass is 10.3. The van der Waals surface area contributed by atoms with Crippen molar-refractivity contribution in [1.82, 2.24) is 24.2 Å². The van der Waals surface area contributed by atoms with Crippen LogP contribution in [0.5, 0.6) is 5.88 Å². The van der Waals surface area contributed by atoms with E-state index in [-0.39, 0.29) is 6.10 Å². The average Bonchev–Trinajstić information content (AvgIpc) is 3.27. The Labute approximate surface area is 163 Å². The second-order valence-corrected chi connectivity index (χ2v) is 8.21. The molecule has 0 unspecified atom stereocenters. The van der Waals surface area contributed by atoms with E-state index in [1.165, 1.54) is 4.90 Å². The van der Waals surface area contributed by atoms with Gasteiger partial charge in [-0.05, 0) is 70.2 Å². The van der Waals surface area contributed by atoms with Gasteiger partial charge in [0.25, 0.3) is 0 Å². The molecule has 1 fully saturated rings. The number of aryl methyl sites for hydroxylation is 1. The van der Waals surface area contributed by atoms with Gasteiger partial charge in [0.15, 0.2) is 5.65 Å². The summed E-state index contributed by atoms with van der Waals surface area (Å²) in [6, 6.07) is 10.2. The number of benzene rings is 1. The van der Waals surface area contributed by atoms with Crippen molar-refractivity contribution in [2.75, 3.05) is 32.5 Å². The predicted octanol–water partition coefficient (Wildman–Crippen LogP) is 3.09. The van der Waals surface area contributed by atoms with Crippen molar-refractivity contribution in [1.29, 1.82) is 0 Å². The standard InChI is InChI=1S/C19H24N6OS/c1-13-11-21-25-17(22-14-4-6-16(7-5-14)27-24(2)3)10-18(23-19(13)25)26-15-8-9-20-12-15/h4-7,10-11,15,20,22H,8-9,12H2,1-3H3/t15-/m1/s1. The minimum atomic E-state index is 0.165. The number of fused-ring (bicyclic) bond motifs is 1. The predicted molar refractivity (Wildman–Crippen MR) is 109 cm³/mol. The number of hydrogen-bond donors (Lipinski definition) is 2. The summed E-state index contributed by atoms with van der Waals surface area (Å²) in [7, 11) is 4.07. The van der Waals surface area contributed by atoms with E-state index in [1.807, 2.05) is 37.8 Å². The Morgan fingerprint density at radius 2 is 2.11 bits per heavy atom. The van der Waals surface area contributed by atoms with Crippen molar-refractivity contribution in [2.24, 2.45) is 0 Å². The van der Waals surface area contributed by atoms with Gasteiger partial charge in [0.1, 0.15) is 11.9 Å². The lowest BCUT2D eigenvalue weighted by Crippen LogP contribution is -2.20. The monoisotopic (exact) mass is 384 g/mol. The second kappa shape index (κ2) is 7.75. The van der Waals surface area contributed by atoms with Crippen LogP contribution in [0, 0.1) is 6.92 Å². The Morgan fingerprint density at radius 3 is 2.81 bits per heavy atom. The maximum atomic E-state index is 6.09. The third-order valence-electron chi connectivity index (χ3n) is 4.34. The maximum absolute atomic E-state index is 6.09. The highest BCUT2D eigenvalue weighted by Gasteiger charge is 2.18. The molecule has 0 spiro atoms. The molecule has 0 bridgehead atoms. The van der Waals surface area contributed by atoms with Gasteiger partial charge in [0.05, 0.1) is 6.20 Å². The lowest BCUT2D eigenvalue weighted by molar-refractivity contribution is 0.214. The van der Waals surface area contributed by atoms with Crippen LogP contribution < -0.4 is 15.4 Å². The molecular weight excluding hydrogens is 360 g/mol. The van der Waals surface area contributed by atoms with Crippen LogP contribution in [0.3, 0.4) is 0 Å². The molecule has 8 heteroatoms. The summed E-state index contributed by atoms with van der Waals surface area (Å²) in [6.07, 6.45) is 2.99. The zero-order valence-corrected chi connectivity index (χ0v) is 16.6. The van der Waals surface area contributed by atoms with Gasteiger partial charge in [-0.25, -0.2) is 0 Å². The maximum Gasteiger partial charge on any atom is 0.219 e. The average molecular weight is 385 g/mol. The first kappa shape index (κ1) is 18.1. The van der Waals surface area contributed by atoms with E-state index < -0.39 is 0 Å². The molecule has 1 aliphatic heterocycles. The highest BCUT2D eigenvalue weighted by Crippen LogP contribution is 2.26. The number of ether oxygens (including phenoxy) is 1. The number of anilines is 2. The summed E-state index contributed by atoms with van der Waals surface area (Å²) in [5.41, 5.74) is 2.82. The van der Waals surface area contributed by atoms with Crippen molar-refractivity contribution in [3.8, 4) is 5.88 Å². The smallest absolute Gasteiger partial charge is 0.219 e. The molecule has 1 aromatic carbocycles. The van der Waals surface area contributed by atoms with E-state index in [0.29, 0.717) is 5.88 Å². The van der Waals surface area contributed by atoms with E-state index in [1.54, 1.807) is 11.9 Å². The summed E-state index contributed by atoms with van der Waals surface area (Å²) < 4.78 is 9.97. The Morgan fingerprint density at radius 1 is 1.30 bits per heavy atom. The summed E-state index contributed by atoms with van der Waals surface area (Å²) >= 11 is 1.69. The number of hydrogen-bond acceptors (Lipinski definition) is 7. The molecule has 0 aliphatic carbocycles. The minimum absolute atomic E-state index is 0.165. The van der Waals surface area contributed by atoms with Crippen LogP contribution in [-0.2, 0) is 0 Å². The van der Waals surface area contributed by atoms with Crippen LogP contribution in [0.1, 0.15) is 12.0 Å².